The summed E-state index contributed by atoms with van der Waals surface area (Å²) in [5.41, 5.74) is 0.675. The molecular weight excluding hydrogens is 276 g/mol. The highest BCUT2D eigenvalue weighted by atomic mass is 16.6. The van der Waals surface area contributed by atoms with Gasteiger partial charge in [0.25, 0.3) is 11.6 Å². The molecule has 1 amide bonds. The summed E-state index contributed by atoms with van der Waals surface area (Å²) in [6, 6.07) is 3.76. The van der Waals surface area contributed by atoms with Gasteiger partial charge in [0.05, 0.1) is 35.6 Å². The summed E-state index contributed by atoms with van der Waals surface area (Å²) in [5.74, 6) is -0.0793. The standard InChI is InChI=1S/C13H12N4O4/c1-8-6-14-7-12(15-8)16-13(18)10-4-3-9(17(19)20)5-11(10)21-2/h3-7H,1-2H3,(H,15,16,18). The van der Waals surface area contributed by atoms with Gasteiger partial charge in [0.15, 0.2) is 5.82 Å². The summed E-state index contributed by atoms with van der Waals surface area (Å²) >= 11 is 0. The molecule has 1 N–H and O–H groups in total. The molecule has 108 valence electrons. The van der Waals surface area contributed by atoms with Crippen molar-refractivity contribution in [2.75, 3.05) is 12.4 Å². The van der Waals surface area contributed by atoms with Crippen molar-refractivity contribution in [1.29, 1.82) is 0 Å². The van der Waals surface area contributed by atoms with Crippen LogP contribution in [0.4, 0.5) is 11.5 Å². The number of amides is 1. The number of non-ortho nitro benzene ring substituents is 1. The number of anilines is 1. The maximum atomic E-state index is 12.2. The van der Waals surface area contributed by atoms with E-state index in [0.29, 0.717) is 11.5 Å². The van der Waals surface area contributed by atoms with Crippen molar-refractivity contribution in [2.45, 2.75) is 6.92 Å². The van der Waals surface area contributed by atoms with Crippen molar-refractivity contribution < 1.29 is 14.5 Å². The van der Waals surface area contributed by atoms with E-state index in [-0.39, 0.29) is 17.0 Å². The Morgan fingerprint density at radius 3 is 2.76 bits per heavy atom. The number of rotatable bonds is 4. The largest absolute Gasteiger partial charge is 0.496 e. The highest BCUT2D eigenvalue weighted by molar-refractivity contribution is 6.05. The van der Waals surface area contributed by atoms with E-state index in [1.807, 2.05) is 0 Å². The maximum absolute atomic E-state index is 12.2. The van der Waals surface area contributed by atoms with Gasteiger partial charge in [0, 0.05) is 12.3 Å². The zero-order valence-electron chi connectivity index (χ0n) is 11.4. The van der Waals surface area contributed by atoms with Gasteiger partial charge in [-0.05, 0) is 13.0 Å². The Labute approximate surface area is 120 Å². The molecule has 0 spiro atoms. The van der Waals surface area contributed by atoms with Crippen molar-refractivity contribution in [3.05, 3.63) is 52.0 Å². The van der Waals surface area contributed by atoms with Crippen molar-refractivity contribution in [3.8, 4) is 5.75 Å². The molecule has 0 aliphatic heterocycles. The van der Waals surface area contributed by atoms with Gasteiger partial charge in [-0.1, -0.05) is 0 Å². The van der Waals surface area contributed by atoms with E-state index in [1.165, 1.54) is 31.5 Å². The molecule has 21 heavy (non-hydrogen) atoms. The number of nitrogens with zero attached hydrogens (tertiary/aromatic N) is 3. The molecule has 0 radical (unpaired) electrons. The fourth-order valence-corrected chi connectivity index (χ4v) is 1.69. The Balaban J connectivity index is 2.28. The summed E-state index contributed by atoms with van der Waals surface area (Å²) in [6.45, 7) is 1.75. The third-order valence-electron chi connectivity index (χ3n) is 2.64. The van der Waals surface area contributed by atoms with Crippen LogP contribution in [0.2, 0.25) is 0 Å². The smallest absolute Gasteiger partial charge is 0.273 e. The number of nitro benzene ring substituents is 1. The first kappa shape index (κ1) is 14.4. The second-order valence-corrected chi connectivity index (χ2v) is 4.14. The van der Waals surface area contributed by atoms with Crippen molar-refractivity contribution in [2.24, 2.45) is 0 Å². The van der Waals surface area contributed by atoms with Gasteiger partial charge in [0.2, 0.25) is 0 Å². The topological polar surface area (TPSA) is 107 Å². The Kier molecular flexibility index (Phi) is 4.07. The van der Waals surface area contributed by atoms with E-state index >= 15 is 0 Å². The Bertz CT molecular complexity index is 702. The molecule has 0 aliphatic carbocycles. The first-order chi connectivity index (χ1) is 10.0. The van der Waals surface area contributed by atoms with Crippen molar-refractivity contribution >= 4 is 17.4 Å². The van der Waals surface area contributed by atoms with Crippen LogP contribution in [0.1, 0.15) is 16.1 Å². The number of carbonyl (C=O) groups is 1. The number of nitrogens with one attached hydrogen (secondary N) is 1. The number of hydrogen-bond acceptors (Lipinski definition) is 6. The van der Waals surface area contributed by atoms with Crippen LogP contribution in [0.5, 0.6) is 5.75 Å². The van der Waals surface area contributed by atoms with Gasteiger partial charge in [-0.2, -0.15) is 0 Å². The molecule has 0 unspecified atom stereocenters. The monoisotopic (exact) mass is 288 g/mol. The first-order valence-corrected chi connectivity index (χ1v) is 5.93. The Hall–Kier alpha value is -3.03. The number of nitro groups is 1. The van der Waals surface area contributed by atoms with Crippen LogP contribution in [0.25, 0.3) is 0 Å². The Morgan fingerprint density at radius 2 is 2.14 bits per heavy atom. The quantitative estimate of drug-likeness (QED) is 0.680. The molecule has 8 nitrogen and oxygen atoms in total. The van der Waals surface area contributed by atoms with E-state index in [0.717, 1.165) is 0 Å². The lowest BCUT2D eigenvalue weighted by molar-refractivity contribution is -0.384. The van der Waals surface area contributed by atoms with Crippen LogP contribution in [0, 0.1) is 17.0 Å². The molecule has 0 atom stereocenters. The molecule has 1 aromatic heterocycles. The van der Waals surface area contributed by atoms with Gasteiger partial charge >= 0.3 is 0 Å². The zero-order valence-corrected chi connectivity index (χ0v) is 11.4. The van der Waals surface area contributed by atoms with Gasteiger partial charge in [-0.15, -0.1) is 0 Å². The minimum atomic E-state index is -0.559. The summed E-state index contributed by atoms with van der Waals surface area (Å²) in [4.78, 5) is 30.3. The third-order valence-corrected chi connectivity index (χ3v) is 2.64. The molecular formula is C13H12N4O4. The first-order valence-electron chi connectivity index (χ1n) is 5.93. The zero-order chi connectivity index (χ0) is 15.4. The van der Waals surface area contributed by atoms with Crippen LogP contribution < -0.4 is 10.1 Å². The summed E-state index contributed by atoms with van der Waals surface area (Å²) < 4.78 is 5.02. The van der Waals surface area contributed by atoms with Gasteiger partial charge in [-0.3, -0.25) is 19.9 Å². The van der Waals surface area contributed by atoms with Crippen LogP contribution in [-0.2, 0) is 0 Å². The minimum absolute atomic E-state index is 0.113. The number of methoxy groups -OCH3 is 1. The molecule has 1 heterocycles. The average Bonchev–Trinajstić information content (AvgIpc) is 2.46. The molecule has 0 saturated heterocycles. The molecule has 8 heteroatoms. The normalized spacial score (nSPS) is 10.0. The predicted molar refractivity (Wildman–Crippen MR) is 74.4 cm³/mol. The van der Waals surface area contributed by atoms with Gasteiger partial charge < -0.3 is 10.1 Å². The van der Waals surface area contributed by atoms with Crippen LogP contribution in [-0.4, -0.2) is 27.9 Å². The highest BCUT2D eigenvalue weighted by Gasteiger charge is 2.17. The van der Waals surface area contributed by atoms with Crippen LogP contribution in [0.3, 0.4) is 0 Å². The number of carbonyl (C=O) groups excluding carboxylic acids is 1. The average molecular weight is 288 g/mol. The van der Waals surface area contributed by atoms with Crippen LogP contribution in [0.15, 0.2) is 30.6 Å². The number of ether oxygens (including phenoxy) is 1. The van der Waals surface area contributed by atoms with E-state index in [1.54, 1.807) is 13.1 Å². The molecule has 2 rings (SSSR count). The second kappa shape index (κ2) is 5.95. The Morgan fingerprint density at radius 1 is 1.38 bits per heavy atom. The van der Waals surface area contributed by atoms with Gasteiger partial charge in [-0.25, -0.2) is 4.98 Å². The third kappa shape index (κ3) is 3.30. The minimum Gasteiger partial charge on any atom is -0.496 e. The predicted octanol–water partition coefficient (Wildman–Crippen LogP) is 1.95. The van der Waals surface area contributed by atoms with E-state index in [4.69, 9.17) is 4.74 Å². The molecule has 0 bridgehead atoms. The number of benzene rings is 1. The second-order valence-electron chi connectivity index (χ2n) is 4.14. The number of hydrogen-bond donors (Lipinski definition) is 1. The van der Waals surface area contributed by atoms with E-state index < -0.39 is 10.8 Å². The lowest BCUT2D eigenvalue weighted by Crippen LogP contribution is -2.14. The maximum Gasteiger partial charge on any atom is 0.273 e. The molecule has 0 aliphatic rings. The molecule has 0 saturated carbocycles. The van der Waals surface area contributed by atoms with Crippen molar-refractivity contribution in [1.82, 2.24) is 9.97 Å². The lowest BCUT2D eigenvalue weighted by atomic mass is 10.1. The summed E-state index contributed by atoms with van der Waals surface area (Å²) in [5, 5.41) is 13.3. The fraction of sp³-hybridized carbons (Fsp3) is 0.154. The molecule has 2 aromatic rings. The van der Waals surface area contributed by atoms with E-state index in [9.17, 15) is 14.9 Å². The molecule has 0 fully saturated rings. The SMILES string of the molecule is COc1cc([N+](=O)[O-])ccc1C(=O)Nc1cncc(C)n1. The number of aromatic nitrogens is 2. The lowest BCUT2D eigenvalue weighted by Gasteiger charge is -2.08. The van der Waals surface area contributed by atoms with Crippen LogP contribution >= 0.6 is 0 Å². The summed E-state index contributed by atoms with van der Waals surface area (Å²) in [7, 11) is 1.34. The highest BCUT2D eigenvalue weighted by Crippen LogP contribution is 2.25. The number of aryl methyl sites for hydroxylation is 1. The van der Waals surface area contributed by atoms with E-state index in [2.05, 4.69) is 15.3 Å². The molecule has 1 aromatic carbocycles. The van der Waals surface area contributed by atoms with Crippen molar-refractivity contribution in [3.63, 3.8) is 0 Å². The fourth-order valence-electron chi connectivity index (χ4n) is 1.69. The summed E-state index contributed by atoms with van der Waals surface area (Å²) in [6.07, 6.45) is 2.96. The van der Waals surface area contributed by atoms with Gasteiger partial charge in [0.1, 0.15) is 5.75 Å².